The molecule has 2 aromatic rings. The van der Waals surface area contributed by atoms with Crippen molar-refractivity contribution in [2.24, 2.45) is 0 Å². The maximum Gasteiger partial charge on any atom is 0.0457 e. The van der Waals surface area contributed by atoms with Gasteiger partial charge in [0.05, 0.1) is 0 Å². The summed E-state index contributed by atoms with van der Waals surface area (Å²) >= 11 is 2.05. The van der Waals surface area contributed by atoms with E-state index < -0.39 is 0 Å². The van der Waals surface area contributed by atoms with Gasteiger partial charge in [-0.25, -0.2) is 0 Å². The molecule has 1 fully saturated rings. The third-order valence-corrected chi connectivity index (χ3v) is 4.36. The van der Waals surface area contributed by atoms with Gasteiger partial charge in [-0.05, 0) is 29.9 Å². The average molecular weight is 232 g/mol. The Kier molecular flexibility index (Phi) is 2.89. The Morgan fingerprint density at radius 1 is 1.38 bits per heavy atom. The summed E-state index contributed by atoms with van der Waals surface area (Å²) in [5, 5.41) is 4.99. The number of hydrogen-bond acceptors (Lipinski definition) is 2. The van der Waals surface area contributed by atoms with Gasteiger partial charge in [0.15, 0.2) is 0 Å². The topological polar surface area (TPSA) is 27.8 Å². The first-order valence-corrected chi connectivity index (χ1v) is 6.95. The molecule has 0 amide bonds. The van der Waals surface area contributed by atoms with Crippen molar-refractivity contribution in [3.05, 3.63) is 36.0 Å². The molecule has 2 nitrogen and oxygen atoms in total. The van der Waals surface area contributed by atoms with Crippen molar-refractivity contribution in [3.63, 3.8) is 0 Å². The highest BCUT2D eigenvalue weighted by atomic mass is 32.2. The summed E-state index contributed by atoms with van der Waals surface area (Å²) in [6, 6.07) is 9.34. The van der Waals surface area contributed by atoms with E-state index in [0.717, 1.165) is 6.54 Å². The summed E-state index contributed by atoms with van der Waals surface area (Å²) in [7, 11) is 0. The number of benzene rings is 1. The molecule has 0 spiro atoms. The van der Waals surface area contributed by atoms with Crippen molar-refractivity contribution < 1.29 is 0 Å². The Hall–Kier alpha value is -0.930. The second-order valence-electron chi connectivity index (χ2n) is 4.30. The molecule has 2 heterocycles. The number of H-pyrrole nitrogens is 1. The van der Waals surface area contributed by atoms with Gasteiger partial charge in [-0.15, -0.1) is 0 Å². The lowest BCUT2D eigenvalue weighted by Crippen LogP contribution is -2.27. The summed E-state index contributed by atoms with van der Waals surface area (Å²) in [6.45, 7) is 0.987. The molecule has 84 valence electrons. The number of rotatable bonds is 3. The molecule has 0 saturated carbocycles. The molecule has 1 aliphatic rings. The third-order valence-electron chi connectivity index (χ3n) is 3.20. The minimum absolute atomic E-state index is 0.708. The summed E-state index contributed by atoms with van der Waals surface area (Å²) in [6.07, 6.45) is 3.33. The quantitative estimate of drug-likeness (QED) is 0.851. The molecule has 16 heavy (non-hydrogen) atoms. The van der Waals surface area contributed by atoms with Crippen molar-refractivity contribution in [1.82, 2.24) is 10.3 Å². The molecule has 0 aliphatic carbocycles. The number of aromatic amines is 1. The SMILES string of the molecule is c1cc(CNC2CCSC2)c2cc[nH]c2c1. The highest BCUT2D eigenvalue weighted by molar-refractivity contribution is 7.99. The van der Waals surface area contributed by atoms with E-state index in [2.05, 4.69) is 46.3 Å². The number of aromatic nitrogens is 1. The van der Waals surface area contributed by atoms with Crippen LogP contribution in [0.2, 0.25) is 0 Å². The molecule has 1 aliphatic heterocycles. The molecule has 2 N–H and O–H groups in total. The minimum Gasteiger partial charge on any atom is -0.361 e. The van der Waals surface area contributed by atoms with Crippen molar-refractivity contribution in [2.45, 2.75) is 19.0 Å². The van der Waals surface area contributed by atoms with Gasteiger partial charge in [0.2, 0.25) is 0 Å². The molecule has 0 radical (unpaired) electrons. The lowest BCUT2D eigenvalue weighted by molar-refractivity contribution is 0.559. The molecule has 1 atom stereocenters. The van der Waals surface area contributed by atoms with Gasteiger partial charge in [-0.2, -0.15) is 11.8 Å². The van der Waals surface area contributed by atoms with Crippen LogP contribution >= 0.6 is 11.8 Å². The van der Waals surface area contributed by atoms with Crippen LogP contribution in [0.15, 0.2) is 30.5 Å². The zero-order valence-electron chi connectivity index (χ0n) is 9.20. The van der Waals surface area contributed by atoms with Crippen LogP contribution in [0, 0.1) is 0 Å². The standard InChI is InChI=1S/C13H16N2S/c1-2-10(8-15-11-5-7-16-9-11)12-4-6-14-13(12)3-1/h1-4,6,11,14-15H,5,7-9H2. The van der Waals surface area contributed by atoms with E-state index in [4.69, 9.17) is 0 Å². The van der Waals surface area contributed by atoms with Crippen LogP contribution in [0.1, 0.15) is 12.0 Å². The number of thioether (sulfide) groups is 1. The number of hydrogen-bond donors (Lipinski definition) is 2. The number of nitrogens with one attached hydrogen (secondary N) is 2. The van der Waals surface area contributed by atoms with Crippen LogP contribution in [0.4, 0.5) is 0 Å². The Morgan fingerprint density at radius 3 is 3.25 bits per heavy atom. The van der Waals surface area contributed by atoms with Crippen LogP contribution in [0.5, 0.6) is 0 Å². The van der Waals surface area contributed by atoms with E-state index in [0.29, 0.717) is 6.04 Å². The van der Waals surface area contributed by atoms with Crippen molar-refractivity contribution >= 4 is 22.7 Å². The summed E-state index contributed by atoms with van der Waals surface area (Å²) in [5.41, 5.74) is 2.63. The highest BCUT2D eigenvalue weighted by Crippen LogP contribution is 2.20. The number of fused-ring (bicyclic) bond motifs is 1. The Morgan fingerprint density at radius 2 is 2.38 bits per heavy atom. The van der Waals surface area contributed by atoms with Gasteiger partial charge in [-0.3, -0.25) is 0 Å². The van der Waals surface area contributed by atoms with E-state index >= 15 is 0 Å². The van der Waals surface area contributed by atoms with Crippen LogP contribution < -0.4 is 5.32 Å². The van der Waals surface area contributed by atoms with Gasteiger partial charge in [0.25, 0.3) is 0 Å². The zero-order valence-corrected chi connectivity index (χ0v) is 10.0. The van der Waals surface area contributed by atoms with Gasteiger partial charge in [0, 0.05) is 35.4 Å². The van der Waals surface area contributed by atoms with Gasteiger partial charge in [0.1, 0.15) is 0 Å². The lowest BCUT2D eigenvalue weighted by atomic mass is 10.1. The van der Waals surface area contributed by atoms with Crippen molar-refractivity contribution in [3.8, 4) is 0 Å². The van der Waals surface area contributed by atoms with Crippen LogP contribution in [-0.4, -0.2) is 22.5 Å². The van der Waals surface area contributed by atoms with Gasteiger partial charge in [-0.1, -0.05) is 12.1 Å². The molecule has 1 aromatic heterocycles. The third kappa shape index (κ3) is 1.97. The first kappa shape index (κ1) is 10.2. The smallest absolute Gasteiger partial charge is 0.0457 e. The van der Waals surface area contributed by atoms with E-state index in [1.165, 1.54) is 34.4 Å². The molecule has 3 heteroatoms. The first-order chi connectivity index (χ1) is 7.93. The van der Waals surface area contributed by atoms with Crippen molar-refractivity contribution in [1.29, 1.82) is 0 Å². The fraction of sp³-hybridized carbons (Fsp3) is 0.385. The summed E-state index contributed by atoms with van der Waals surface area (Å²) < 4.78 is 0. The molecule has 0 bridgehead atoms. The highest BCUT2D eigenvalue weighted by Gasteiger charge is 2.14. The van der Waals surface area contributed by atoms with Gasteiger partial charge >= 0.3 is 0 Å². The van der Waals surface area contributed by atoms with E-state index in [-0.39, 0.29) is 0 Å². The predicted molar refractivity (Wildman–Crippen MR) is 70.9 cm³/mol. The van der Waals surface area contributed by atoms with Crippen LogP contribution in [0.25, 0.3) is 10.9 Å². The van der Waals surface area contributed by atoms with Crippen molar-refractivity contribution in [2.75, 3.05) is 11.5 Å². The fourth-order valence-corrected chi connectivity index (χ4v) is 3.44. The Bertz CT molecular complexity index is 471. The maximum absolute atomic E-state index is 3.65. The Balaban J connectivity index is 1.75. The second kappa shape index (κ2) is 4.52. The molecule has 1 unspecified atom stereocenters. The maximum atomic E-state index is 3.65. The second-order valence-corrected chi connectivity index (χ2v) is 5.45. The fourth-order valence-electron chi connectivity index (χ4n) is 2.25. The minimum atomic E-state index is 0.708. The first-order valence-electron chi connectivity index (χ1n) is 5.79. The molecular formula is C13H16N2S. The largest absolute Gasteiger partial charge is 0.361 e. The van der Waals surface area contributed by atoms with E-state index in [1.807, 2.05) is 6.20 Å². The average Bonchev–Trinajstić information content (AvgIpc) is 2.97. The zero-order chi connectivity index (χ0) is 10.8. The molecule has 1 saturated heterocycles. The van der Waals surface area contributed by atoms with Crippen LogP contribution in [0.3, 0.4) is 0 Å². The predicted octanol–water partition coefficient (Wildman–Crippen LogP) is 2.76. The summed E-state index contributed by atoms with van der Waals surface area (Å²) in [5.74, 6) is 2.58. The molecular weight excluding hydrogens is 216 g/mol. The lowest BCUT2D eigenvalue weighted by Gasteiger charge is -2.11. The molecule has 3 rings (SSSR count). The van der Waals surface area contributed by atoms with Crippen LogP contribution in [-0.2, 0) is 6.54 Å². The summed E-state index contributed by atoms with van der Waals surface area (Å²) in [4.78, 5) is 3.26. The van der Waals surface area contributed by atoms with E-state index in [1.54, 1.807) is 0 Å². The van der Waals surface area contributed by atoms with Gasteiger partial charge < -0.3 is 10.3 Å². The van der Waals surface area contributed by atoms with E-state index in [9.17, 15) is 0 Å². The normalized spacial score (nSPS) is 20.6. The monoisotopic (exact) mass is 232 g/mol. The Labute approximate surface area is 99.8 Å². The molecule has 1 aromatic carbocycles.